The van der Waals surface area contributed by atoms with Crippen LogP contribution in [0.15, 0.2) is 82.5 Å². The lowest BCUT2D eigenvalue weighted by molar-refractivity contribution is -0.140. The topological polar surface area (TPSA) is 95.2 Å². The maximum atomic E-state index is 13.6. The monoisotopic (exact) mass is 484 g/mol. The second-order valence-electron chi connectivity index (χ2n) is 9.23. The fourth-order valence-electron chi connectivity index (χ4n) is 4.95. The van der Waals surface area contributed by atoms with Gasteiger partial charge in [0, 0.05) is 6.42 Å². The van der Waals surface area contributed by atoms with Gasteiger partial charge >= 0.3 is 6.03 Å². The molecule has 3 aromatic rings. The van der Waals surface area contributed by atoms with Crippen molar-refractivity contribution in [2.75, 3.05) is 6.54 Å². The highest BCUT2D eigenvalue weighted by Crippen LogP contribution is 2.36. The van der Waals surface area contributed by atoms with E-state index in [9.17, 15) is 14.4 Å². The van der Waals surface area contributed by atoms with Gasteiger partial charge in [-0.25, -0.2) is 9.80 Å². The first-order chi connectivity index (χ1) is 17.4. The number of hydrogen-bond acceptors (Lipinski definition) is 5. The van der Waals surface area contributed by atoms with Crippen molar-refractivity contribution in [2.45, 2.75) is 44.7 Å². The molecule has 2 aliphatic heterocycles. The number of carbonyl (C=O) groups is 3. The molecule has 184 valence electrons. The summed E-state index contributed by atoms with van der Waals surface area (Å²) in [6.07, 6.45) is 3.13. The molecule has 0 spiro atoms. The van der Waals surface area contributed by atoms with Crippen molar-refractivity contribution in [3.05, 3.63) is 95.4 Å². The van der Waals surface area contributed by atoms with E-state index in [0.717, 1.165) is 21.7 Å². The average molecular weight is 485 g/mol. The summed E-state index contributed by atoms with van der Waals surface area (Å²) in [5.74, 6) is -0.288. The van der Waals surface area contributed by atoms with Crippen molar-refractivity contribution in [3.8, 4) is 0 Å². The number of nitrogens with one attached hydrogen (secondary N) is 1. The molecule has 0 radical (unpaired) electrons. The zero-order valence-electron chi connectivity index (χ0n) is 20.3. The van der Waals surface area contributed by atoms with Gasteiger partial charge in [-0.05, 0) is 36.6 Å². The molecule has 0 saturated carbocycles. The van der Waals surface area contributed by atoms with E-state index in [4.69, 9.17) is 4.42 Å². The van der Waals surface area contributed by atoms with Gasteiger partial charge in [0.1, 0.15) is 23.9 Å². The van der Waals surface area contributed by atoms with Crippen LogP contribution in [-0.4, -0.2) is 40.0 Å². The SMILES string of the molecule is CCCC1(c2ccccc2)NC(=O)N(CC(=O)N2N=C(c3ccc(C)cc3)CC2c2ccco2)C1=O. The largest absolute Gasteiger partial charge is 0.467 e. The Balaban J connectivity index is 1.43. The zero-order chi connectivity index (χ0) is 25.3. The van der Waals surface area contributed by atoms with Crippen LogP contribution < -0.4 is 5.32 Å². The van der Waals surface area contributed by atoms with Gasteiger partial charge in [0.05, 0.1) is 12.0 Å². The number of hydrogen-bond donors (Lipinski definition) is 1. The number of aryl methyl sites for hydroxylation is 1. The van der Waals surface area contributed by atoms with Gasteiger partial charge in [-0.2, -0.15) is 5.10 Å². The summed E-state index contributed by atoms with van der Waals surface area (Å²) in [5.41, 5.74) is 2.30. The second-order valence-corrected chi connectivity index (χ2v) is 9.23. The second kappa shape index (κ2) is 9.45. The Morgan fingerprint density at radius 2 is 1.83 bits per heavy atom. The standard InChI is InChI=1S/C28H28N4O4/c1-3-15-28(21-8-5-4-6-9-21)26(34)31(27(35)29-28)18-25(33)32-23(24-10-7-16-36-24)17-22(30-32)20-13-11-19(2)12-14-20/h4-14,16,23H,3,15,17-18H2,1-2H3,(H,29,35). The number of rotatable bonds is 7. The molecule has 1 fully saturated rings. The molecule has 36 heavy (non-hydrogen) atoms. The summed E-state index contributed by atoms with van der Waals surface area (Å²) in [6.45, 7) is 3.55. The Hall–Kier alpha value is -4.20. The molecule has 2 unspecified atom stereocenters. The molecule has 0 bridgehead atoms. The molecule has 4 amide bonds. The summed E-state index contributed by atoms with van der Waals surface area (Å²) in [7, 11) is 0. The highest BCUT2D eigenvalue weighted by atomic mass is 16.3. The first-order valence-electron chi connectivity index (χ1n) is 12.1. The van der Waals surface area contributed by atoms with E-state index in [2.05, 4.69) is 10.4 Å². The minimum atomic E-state index is -1.19. The van der Waals surface area contributed by atoms with Crippen LogP contribution in [0.4, 0.5) is 4.79 Å². The summed E-state index contributed by atoms with van der Waals surface area (Å²) in [4.78, 5) is 41.2. The Kier molecular flexibility index (Phi) is 6.18. The van der Waals surface area contributed by atoms with Crippen molar-refractivity contribution in [2.24, 2.45) is 5.10 Å². The van der Waals surface area contributed by atoms with Crippen molar-refractivity contribution in [1.82, 2.24) is 15.2 Å². The molecular weight excluding hydrogens is 456 g/mol. The van der Waals surface area contributed by atoms with E-state index in [0.29, 0.717) is 30.6 Å². The summed E-state index contributed by atoms with van der Waals surface area (Å²) < 4.78 is 5.61. The van der Waals surface area contributed by atoms with E-state index in [1.807, 2.05) is 68.4 Å². The van der Waals surface area contributed by atoms with Crippen molar-refractivity contribution >= 4 is 23.6 Å². The van der Waals surface area contributed by atoms with Gasteiger partial charge in [0.2, 0.25) is 0 Å². The molecule has 2 aromatic carbocycles. The van der Waals surface area contributed by atoms with Crippen LogP contribution in [0.3, 0.4) is 0 Å². The highest BCUT2D eigenvalue weighted by molar-refractivity contribution is 6.10. The van der Waals surface area contributed by atoms with Crippen molar-refractivity contribution < 1.29 is 18.8 Å². The molecule has 2 atom stereocenters. The predicted octanol–water partition coefficient (Wildman–Crippen LogP) is 4.51. The number of nitrogens with zero attached hydrogens (tertiary/aromatic N) is 3. The number of carbonyl (C=O) groups excluding carboxylic acids is 3. The van der Waals surface area contributed by atoms with Crippen LogP contribution in [0, 0.1) is 6.92 Å². The fraction of sp³-hybridized carbons (Fsp3) is 0.286. The molecule has 8 heteroatoms. The Morgan fingerprint density at radius 1 is 1.08 bits per heavy atom. The third kappa shape index (κ3) is 4.08. The van der Waals surface area contributed by atoms with Gasteiger partial charge in [0.25, 0.3) is 11.8 Å². The van der Waals surface area contributed by atoms with Crippen LogP contribution in [0.2, 0.25) is 0 Å². The van der Waals surface area contributed by atoms with E-state index in [-0.39, 0.29) is 0 Å². The number of hydrazone groups is 1. The van der Waals surface area contributed by atoms with Gasteiger partial charge in [-0.3, -0.25) is 14.5 Å². The minimum Gasteiger partial charge on any atom is -0.467 e. The smallest absolute Gasteiger partial charge is 0.325 e. The first kappa shape index (κ1) is 23.5. The van der Waals surface area contributed by atoms with Crippen molar-refractivity contribution in [1.29, 1.82) is 0 Å². The quantitative estimate of drug-likeness (QED) is 0.499. The number of amides is 4. The van der Waals surface area contributed by atoms with Crippen LogP contribution in [-0.2, 0) is 15.1 Å². The molecule has 1 N–H and O–H groups in total. The molecule has 1 saturated heterocycles. The molecule has 3 heterocycles. The third-order valence-corrected chi connectivity index (χ3v) is 6.78. The van der Waals surface area contributed by atoms with Crippen LogP contribution in [0.1, 0.15) is 54.7 Å². The Bertz CT molecular complexity index is 1300. The lowest BCUT2D eigenvalue weighted by Gasteiger charge is -2.27. The van der Waals surface area contributed by atoms with Crippen LogP contribution in [0.5, 0.6) is 0 Å². The van der Waals surface area contributed by atoms with Crippen LogP contribution in [0.25, 0.3) is 0 Å². The van der Waals surface area contributed by atoms with E-state index < -0.39 is 36.0 Å². The average Bonchev–Trinajstić information content (AvgIpc) is 3.62. The van der Waals surface area contributed by atoms with Gasteiger partial charge < -0.3 is 9.73 Å². The maximum absolute atomic E-state index is 13.6. The number of urea groups is 1. The highest BCUT2D eigenvalue weighted by Gasteiger charge is 2.52. The lowest BCUT2D eigenvalue weighted by Crippen LogP contribution is -2.45. The van der Waals surface area contributed by atoms with Crippen molar-refractivity contribution in [3.63, 3.8) is 0 Å². The van der Waals surface area contributed by atoms with Gasteiger partial charge in [-0.15, -0.1) is 0 Å². The molecule has 8 nitrogen and oxygen atoms in total. The normalized spacial score (nSPS) is 21.6. The van der Waals surface area contributed by atoms with E-state index >= 15 is 0 Å². The fourth-order valence-corrected chi connectivity index (χ4v) is 4.95. The number of imide groups is 1. The molecular formula is C28H28N4O4. The van der Waals surface area contributed by atoms with Crippen LogP contribution >= 0.6 is 0 Å². The Morgan fingerprint density at radius 3 is 2.50 bits per heavy atom. The molecule has 2 aliphatic rings. The summed E-state index contributed by atoms with van der Waals surface area (Å²) in [6, 6.07) is 19.6. The summed E-state index contributed by atoms with van der Waals surface area (Å²) >= 11 is 0. The summed E-state index contributed by atoms with van der Waals surface area (Å²) in [5, 5.41) is 8.83. The molecule has 1 aromatic heterocycles. The zero-order valence-corrected chi connectivity index (χ0v) is 20.3. The molecule has 5 rings (SSSR count). The van der Waals surface area contributed by atoms with Gasteiger partial charge in [-0.1, -0.05) is 73.5 Å². The number of furan rings is 1. The predicted molar refractivity (Wildman–Crippen MR) is 134 cm³/mol. The lowest BCUT2D eigenvalue weighted by atomic mass is 9.85. The Labute approximate surface area is 209 Å². The first-order valence-corrected chi connectivity index (χ1v) is 12.1. The maximum Gasteiger partial charge on any atom is 0.325 e. The number of benzene rings is 2. The van der Waals surface area contributed by atoms with E-state index in [1.54, 1.807) is 18.4 Å². The molecule has 0 aliphatic carbocycles. The van der Waals surface area contributed by atoms with E-state index in [1.165, 1.54) is 5.01 Å². The minimum absolute atomic E-state index is 0.412. The third-order valence-electron chi connectivity index (χ3n) is 6.78. The van der Waals surface area contributed by atoms with Gasteiger partial charge in [0.15, 0.2) is 0 Å².